The molecule has 96 valence electrons. The van der Waals surface area contributed by atoms with Crippen molar-refractivity contribution in [3.63, 3.8) is 0 Å². The maximum absolute atomic E-state index is 8.43. The Hall–Kier alpha value is -1.69. The minimum atomic E-state index is 0.105. The number of nitrogens with zero attached hydrogens (tertiary/aromatic N) is 1. The van der Waals surface area contributed by atoms with Crippen LogP contribution in [0.15, 0.2) is 24.3 Å². The van der Waals surface area contributed by atoms with E-state index in [4.69, 9.17) is 10.00 Å². The van der Waals surface area contributed by atoms with Gasteiger partial charge >= 0.3 is 0 Å². The van der Waals surface area contributed by atoms with Crippen LogP contribution in [0.5, 0.6) is 5.75 Å². The van der Waals surface area contributed by atoms with Crippen LogP contribution in [0.3, 0.4) is 0 Å². The molecule has 1 aliphatic rings. The molecule has 0 bridgehead atoms. The molecule has 0 spiro atoms. The zero-order valence-corrected chi connectivity index (χ0v) is 10.9. The van der Waals surface area contributed by atoms with Gasteiger partial charge in [0.05, 0.1) is 0 Å². The van der Waals surface area contributed by atoms with E-state index in [9.17, 15) is 0 Å². The molecular weight excluding hydrogens is 224 g/mol. The van der Waals surface area contributed by atoms with Crippen LogP contribution in [0.25, 0.3) is 0 Å². The van der Waals surface area contributed by atoms with E-state index in [0.29, 0.717) is 6.04 Å². The average molecular weight is 244 g/mol. The highest BCUT2D eigenvalue weighted by Crippen LogP contribution is 2.30. The molecule has 0 radical (unpaired) electrons. The molecule has 2 unspecified atom stereocenters. The lowest BCUT2D eigenvalue weighted by molar-refractivity contribution is 0.368. The maximum atomic E-state index is 8.43. The van der Waals surface area contributed by atoms with Crippen molar-refractivity contribution < 1.29 is 4.74 Å². The van der Waals surface area contributed by atoms with Crippen molar-refractivity contribution >= 4 is 5.69 Å². The van der Waals surface area contributed by atoms with Crippen LogP contribution in [0.1, 0.15) is 32.6 Å². The van der Waals surface area contributed by atoms with Crippen molar-refractivity contribution in [2.75, 3.05) is 11.9 Å². The molecule has 3 heteroatoms. The summed E-state index contributed by atoms with van der Waals surface area (Å²) in [6.45, 7) is 2.38. The maximum Gasteiger partial charge on any atom is 0.174 e. The quantitative estimate of drug-likeness (QED) is 0.861. The zero-order valence-electron chi connectivity index (χ0n) is 10.9. The number of nitrogens with one attached hydrogen (secondary N) is 1. The third-order valence-corrected chi connectivity index (χ3v) is 3.65. The number of ether oxygens (including phenoxy) is 1. The van der Waals surface area contributed by atoms with E-state index in [1.54, 1.807) is 0 Å². The lowest BCUT2D eigenvalue weighted by Crippen LogP contribution is -2.15. The van der Waals surface area contributed by atoms with E-state index in [1.807, 2.05) is 30.3 Å². The smallest absolute Gasteiger partial charge is 0.174 e. The molecule has 0 saturated heterocycles. The second kappa shape index (κ2) is 6.30. The summed E-state index contributed by atoms with van der Waals surface area (Å²) in [5.41, 5.74) is 1.14. The highest BCUT2D eigenvalue weighted by atomic mass is 16.5. The normalized spacial score (nSPS) is 22.4. The van der Waals surface area contributed by atoms with Gasteiger partial charge < -0.3 is 10.1 Å². The van der Waals surface area contributed by atoms with Gasteiger partial charge in [0.25, 0.3) is 0 Å². The number of hydrogen-bond donors (Lipinski definition) is 1. The van der Waals surface area contributed by atoms with Gasteiger partial charge in [0.15, 0.2) is 6.61 Å². The van der Waals surface area contributed by atoms with E-state index in [-0.39, 0.29) is 6.61 Å². The molecule has 1 fully saturated rings. The number of benzene rings is 1. The number of hydrogen-bond acceptors (Lipinski definition) is 3. The second-order valence-electron chi connectivity index (χ2n) is 4.90. The Morgan fingerprint density at radius 1 is 1.33 bits per heavy atom. The van der Waals surface area contributed by atoms with E-state index in [1.165, 1.54) is 25.7 Å². The molecule has 2 rings (SSSR count). The molecule has 1 N–H and O–H groups in total. The number of anilines is 1. The van der Waals surface area contributed by atoms with Crippen LogP contribution in [0.4, 0.5) is 5.69 Å². The van der Waals surface area contributed by atoms with Crippen molar-refractivity contribution in [3.05, 3.63) is 24.3 Å². The van der Waals surface area contributed by atoms with Gasteiger partial charge in [-0.1, -0.05) is 13.3 Å². The lowest BCUT2D eigenvalue weighted by atomic mass is 10.1. The second-order valence-corrected chi connectivity index (χ2v) is 4.90. The SMILES string of the molecule is CCC1CCC(Nc2ccc(OCC#N)cc2)C1. The molecule has 0 amide bonds. The average Bonchev–Trinajstić information content (AvgIpc) is 2.86. The first kappa shape index (κ1) is 12.8. The minimum Gasteiger partial charge on any atom is -0.479 e. The van der Waals surface area contributed by atoms with E-state index in [2.05, 4.69) is 12.2 Å². The molecule has 3 nitrogen and oxygen atoms in total. The fraction of sp³-hybridized carbons (Fsp3) is 0.533. The zero-order chi connectivity index (χ0) is 12.8. The fourth-order valence-corrected chi connectivity index (χ4v) is 2.58. The summed E-state index contributed by atoms with van der Waals surface area (Å²) in [5.74, 6) is 1.64. The highest BCUT2D eigenvalue weighted by molar-refractivity contribution is 5.47. The Kier molecular flexibility index (Phi) is 4.46. The van der Waals surface area contributed by atoms with Gasteiger partial charge in [-0.3, -0.25) is 0 Å². The molecule has 1 aliphatic carbocycles. The van der Waals surface area contributed by atoms with Crippen molar-refractivity contribution in [2.45, 2.75) is 38.6 Å². The van der Waals surface area contributed by atoms with Crippen LogP contribution in [0, 0.1) is 17.2 Å². The van der Waals surface area contributed by atoms with Crippen LogP contribution in [-0.2, 0) is 0 Å². The molecule has 0 aromatic heterocycles. The molecule has 1 aromatic rings. The van der Waals surface area contributed by atoms with Gasteiger partial charge in [0, 0.05) is 11.7 Å². The minimum absolute atomic E-state index is 0.105. The van der Waals surface area contributed by atoms with Crippen molar-refractivity contribution in [1.82, 2.24) is 0 Å². The predicted octanol–water partition coefficient (Wildman–Crippen LogP) is 3.58. The van der Waals surface area contributed by atoms with Gasteiger partial charge in [-0.2, -0.15) is 5.26 Å². The van der Waals surface area contributed by atoms with Crippen molar-refractivity contribution in [1.29, 1.82) is 5.26 Å². The predicted molar refractivity (Wildman–Crippen MR) is 72.6 cm³/mol. The standard InChI is InChI=1S/C15H20N2O/c1-2-12-3-4-14(11-12)17-13-5-7-15(8-6-13)18-10-9-16/h5-8,12,14,17H,2-4,10-11H2,1H3. The molecule has 1 saturated carbocycles. The first-order valence-corrected chi connectivity index (χ1v) is 6.68. The van der Waals surface area contributed by atoms with E-state index >= 15 is 0 Å². The van der Waals surface area contributed by atoms with Crippen LogP contribution < -0.4 is 10.1 Å². The number of rotatable bonds is 5. The van der Waals surface area contributed by atoms with E-state index < -0.39 is 0 Å². The topological polar surface area (TPSA) is 45.0 Å². The van der Waals surface area contributed by atoms with Crippen molar-refractivity contribution in [2.24, 2.45) is 5.92 Å². The summed E-state index contributed by atoms with van der Waals surface area (Å²) in [6.07, 6.45) is 5.19. The van der Waals surface area contributed by atoms with Gasteiger partial charge in [0.1, 0.15) is 11.8 Å². The summed E-state index contributed by atoms with van der Waals surface area (Å²) in [6, 6.07) is 10.4. The van der Waals surface area contributed by atoms with Gasteiger partial charge in [-0.25, -0.2) is 0 Å². The summed E-state index contributed by atoms with van der Waals surface area (Å²) in [7, 11) is 0. The largest absolute Gasteiger partial charge is 0.479 e. The molecular formula is C15H20N2O. The Morgan fingerprint density at radius 2 is 2.11 bits per heavy atom. The summed E-state index contributed by atoms with van der Waals surface area (Å²) in [5, 5.41) is 12.0. The lowest BCUT2D eigenvalue weighted by Gasteiger charge is -2.14. The van der Waals surface area contributed by atoms with Gasteiger partial charge in [-0.05, 0) is 49.4 Å². The molecule has 0 heterocycles. The van der Waals surface area contributed by atoms with Crippen molar-refractivity contribution in [3.8, 4) is 11.8 Å². The summed E-state index contributed by atoms with van der Waals surface area (Å²) >= 11 is 0. The highest BCUT2D eigenvalue weighted by Gasteiger charge is 2.22. The molecule has 0 aliphatic heterocycles. The van der Waals surface area contributed by atoms with Crippen LogP contribution in [-0.4, -0.2) is 12.6 Å². The summed E-state index contributed by atoms with van der Waals surface area (Å²) in [4.78, 5) is 0. The Bertz CT molecular complexity index is 407. The van der Waals surface area contributed by atoms with Crippen LogP contribution in [0.2, 0.25) is 0 Å². The number of nitriles is 1. The van der Waals surface area contributed by atoms with Gasteiger partial charge in [0.2, 0.25) is 0 Å². The fourth-order valence-electron chi connectivity index (χ4n) is 2.58. The first-order valence-electron chi connectivity index (χ1n) is 6.68. The summed E-state index contributed by atoms with van der Waals surface area (Å²) < 4.78 is 5.23. The third kappa shape index (κ3) is 3.40. The molecule has 1 aromatic carbocycles. The first-order chi connectivity index (χ1) is 8.81. The Morgan fingerprint density at radius 3 is 2.72 bits per heavy atom. The Labute approximate surface area is 109 Å². The molecule has 18 heavy (non-hydrogen) atoms. The third-order valence-electron chi connectivity index (χ3n) is 3.65. The van der Waals surface area contributed by atoms with E-state index in [0.717, 1.165) is 17.4 Å². The van der Waals surface area contributed by atoms with Gasteiger partial charge in [-0.15, -0.1) is 0 Å². The molecule has 2 atom stereocenters. The Balaban J connectivity index is 1.85. The monoisotopic (exact) mass is 244 g/mol. The van der Waals surface area contributed by atoms with Crippen LogP contribution >= 0.6 is 0 Å².